The molecule has 29 heavy (non-hydrogen) atoms. The van der Waals surface area contributed by atoms with Gasteiger partial charge in [0.05, 0.1) is 0 Å². The fourth-order valence-electron chi connectivity index (χ4n) is 3.53. The number of aromatic nitrogens is 2. The topological polar surface area (TPSA) is 96.0 Å². The van der Waals surface area contributed by atoms with Crippen molar-refractivity contribution in [2.75, 3.05) is 16.0 Å². The van der Waals surface area contributed by atoms with Crippen LogP contribution >= 0.6 is 0 Å². The van der Waals surface area contributed by atoms with E-state index in [-0.39, 0.29) is 34.5 Å². The molecule has 0 saturated heterocycles. The van der Waals surface area contributed by atoms with Crippen molar-refractivity contribution in [2.24, 2.45) is 22.7 Å². The van der Waals surface area contributed by atoms with Crippen molar-refractivity contribution in [1.82, 2.24) is 9.97 Å². The minimum atomic E-state index is -0.00131. The van der Waals surface area contributed by atoms with Gasteiger partial charge in [-0.2, -0.15) is 4.98 Å². The maximum absolute atomic E-state index is 12.3. The van der Waals surface area contributed by atoms with Gasteiger partial charge in [0, 0.05) is 29.4 Å². The molecule has 2 fully saturated rings. The Morgan fingerprint density at radius 3 is 1.93 bits per heavy atom. The molecule has 0 radical (unpaired) electrons. The molecule has 152 valence electrons. The van der Waals surface area contributed by atoms with E-state index in [1.54, 1.807) is 12.3 Å². The Labute approximate surface area is 170 Å². The van der Waals surface area contributed by atoms with Crippen molar-refractivity contribution in [2.45, 2.75) is 40.5 Å². The maximum Gasteiger partial charge on any atom is 0.229 e. The molecular weight excluding hydrogens is 366 g/mol. The standard InChI is InChI=1S/C22H27N5O2/c1-21(2)11-15(21)18(28)24-13-5-7-14(8-6-13)25-20-23-10-9-17(27-20)26-19(29)16-12-22(16,3)4/h5-10,15-16H,11-12H2,1-4H3,(H,24,28)(H2,23,25,26,27,29). The average Bonchev–Trinajstić information content (AvgIpc) is 3.50. The Morgan fingerprint density at radius 1 is 0.862 bits per heavy atom. The number of nitrogens with one attached hydrogen (secondary N) is 3. The first-order valence-corrected chi connectivity index (χ1v) is 9.96. The highest BCUT2D eigenvalue weighted by molar-refractivity contribution is 5.95. The van der Waals surface area contributed by atoms with E-state index in [0.717, 1.165) is 24.2 Å². The highest BCUT2D eigenvalue weighted by Gasteiger charge is 2.51. The zero-order valence-electron chi connectivity index (χ0n) is 17.2. The number of nitrogens with zero attached hydrogens (tertiary/aromatic N) is 2. The second-order valence-electron chi connectivity index (χ2n) is 9.44. The van der Waals surface area contributed by atoms with Gasteiger partial charge in [-0.3, -0.25) is 9.59 Å². The van der Waals surface area contributed by atoms with E-state index in [1.165, 1.54) is 0 Å². The van der Waals surface area contributed by atoms with Gasteiger partial charge in [-0.05, 0) is 54.0 Å². The van der Waals surface area contributed by atoms with Crippen LogP contribution in [0.25, 0.3) is 0 Å². The minimum absolute atomic E-state index is 0.00131. The van der Waals surface area contributed by atoms with Crippen molar-refractivity contribution >= 4 is 35.0 Å². The van der Waals surface area contributed by atoms with E-state index in [1.807, 2.05) is 24.3 Å². The molecule has 4 rings (SSSR count). The number of anilines is 4. The molecule has 2 saturated carbocycles. The summed E-state index contributed by atoms with van der Waals surface area (Å²) in [5.41, 5.74) is 1.74. The Bertz CT molecular complexity index is 952. The van der Waals surface area contributed by atoms with Gasteiger partial charge in [0.15, 0.2) is 0 Å². The van der Waals surface area contributed by atoms with Crippen molar-refractivity contribution in [3.8, 4) is 0 Å². The fraction of sp³-hybridized carbons (Fsp3) is 0.455. The summed E-state index contributed by atoms with van der Waals surface area (Å²) in [6, 6.07) is 9.08. The lowest BCUT2D eigenvalue weighted by molar-refractivity contribution is -0.118. The highest BCUT2D eigenvalue weighted by atomic mass is 16.2. The normalized spacial score (nSPS) is 23.0. The number of rotatable bonds is 6. The van der Waals surface area contributed by atoms with Crippen LogP contribution in [0, 0.1) is 22.7 Å². The molecule has 0 spiro atoms. The van der Waals surface area contributed by atoms with Crippen LogP contribution in [0.5, 0.6) is 0 Å². The van der Waals surface area contributed by atoms with E-state index in [9.17, 15) is 9.59 Å². The van der Waals surface area contributed by atoms with Crippen LogP contribution in [0.3, 0.4) is 0 Å². The van der Waals surface area contributed by atoms with Crippen LogP contribution < -0.4 is 16.0 Å². The molecule has 1 heterocycles. The predicted molar refractivity (Wildman–Crippen MR) is 113 cm³/mol. The Morgan fingerprint density at radius 2 is 1.38 bits per heavy atom. The number of benzene rings is 1. The summed E-state index contributed by atoms with van der Waals surface area (Å²) >= 11 is 0. The molecule has 0 aliphatic heterocycles. The minimum Gasteiger partial charge on any atom is -0.326 e. The largest absolute Gasteiger partial charge is 0.326 e. The third-order valence-corrected chi connectivity index (χ3v) is 5.98. The van der Waals surface area contributed by atoms with Crippen LogP contribution in [0.1, 0.15) is 40.5 Å². The van der Waals surface area contributed by atoms with E-state index >= 15 is 0 Å². The molecule has 7 heteroatoms. The number of amides is 2. The zero-order chi connectivity index (χ0) is 20.8. The molecule has 1 aromatic heterocycles. The van der Waals surface area contributed by atoms with Gasteiger partial charge in [0.2, 0.25) is 17.8 Å². The lowest BCUT2D eigenvalue weighted by Crippen LogP contribution is -2.17. The number of carbonyl (C=O) groups excluding carboxylic acids is 2. The van der Waals surface area contributed by atoms with Crippen molar-refractivity contribution < 1.29 is 9.59 Å². The van der Waals surface area contributed by atoms with E-state index in [2.05, 4.69) is 53.6 Å². The smallest absolute Gasteiger partial charge is 0.229 e. The summed E-state index contributed by atoms with van der Waals surface area (Å²) in [6.07, 6.45) is 3.44. The number of hydrogen-bond donors (Lipinski definition) is 3. The van der Waals surface area contributed by atoms with Gasteiger partial charge in [0.1, 0.15) is 5.82 Å². The molecule has 2 unspecified atom stereocenters. The van der Waals surface area contributed by atoms with Crippen LogP contribution in [-0.4, -0.2) is 21.8 Å². The summed E-state index contributed by atoms with van der Waals surface area (Å²) in [5.74, 6) is 1.08. The highest BCUT2D eigenvalue weighted by Crippen LogP contribution is 2.52. The average molecular weight is 393 g/mol. The summed E-state index contributed by atoms with van der Waals surface area (Å²) in [6.45, 7) is 8.38. The molecule has 2 aliphatic carbocycles. The number of carbonyl (C=O) groups is 2. The third kappa shape index (κ3) is 4.39. The lowest BCUT2D eigenvalue weighted by atomic mass is 10.1. The molecule has 2 amide bonds. The predicted octanol–water partition coefficient (Wildman–Crippen LogP) is 4.19. The first-order valence-electron chi connectivity index (χ1n) is 9.96. The van der Waals surface area contributed by atoms with E-state index < -0.39 is 0 Å². The van der Waals surface area contributed by atoms with Gasteiger partial charge in [-0.15, -0.1) is 0 Å². The fourth-order valence-corrected chi connectivity index (χ4v) is 3.53. The summed E-state index contributed by atoms with van der Waals surface area (Å²) in [4.78, 5) is 33.0. The van der Waals surface area contributed by atoms with Gasteiger partial charge in [0.25, 0.3) is 0 Å². The Balaban J connectivity index is 1.34. The summed E-state index contributed by atoms with van der Waals surface area (Å²) in [5, 5.41) is 8.94. The van der Waals surface area contributed by atoms with E-state index in [0.29, 0.717) is 11.8 Å². The lowest BCUT2D eigenvalue weighted by Gasteiger charge is -2.10. The molecule has 2 aromatic rings. The Hall–Kier alpha value is -2.96. The maximum atomic E-state index is 12.3. The second kappa shape index (κ2) is 6.83. The molecule has 0 bridgehead atoms. The third-order valence-electron chi connectivity index (χ3n) is 5.98. The van der Waals surface area contributed by atoms with Crippen LogP contribution in [0.4, 0.5) is 23.1 Å². The first kappa shape index (κ1) is 19.4. The summed E-state index contributed by atoms with van der Waals surface area (Å²) < 4.78 is 0. The molecule has 1 aromatic carbocycles. The quantitative estimate of drug-likeness (QED) is 0.684. The van der Waals surface area contributed by atoms with Crippen molar-refractivity contribution in [1.29, 1.82) is 0 Å². The second-order valence-corrected chi connectivity index (χ2v) is 9.44. The van der Waals surface area contributed by atoms with Gasteiger partial charge < -0.3 is 16.0 Å². The van der Waals surface area contributed by atoms with Gasteiger partial charge in [-0.25, -0.2) is 4.98 Å². The van der Waals surface area contributed by atoms with Crippen molar-refractivity contribution in [3.63, 3.8) is 0 Å². The first-order chi connectivity index (χ1) is 13.6. The molecule has 2 aliphatic rings. The molecule has 2 atom stereocenters. The Kier molecular flexibility index (Phi) is 4.56. The van der Waals surface area contributed by atoms with Crippen LogP contribution in [0.2, 0.25) is 0 Å². The molecular formula is C22H27N5O2. The molecule has 7 nitrogen and oxygen atoms in total. The van der Waals surface area contributed by atoms with E-state index in [4.69, 9.17) is 0 Å². The monoisotopic (exact) mass is 393 g/mol. The van der Waals surface area contributed by atoms with Crippen molar-refractivity contribution in [3.05, 3.63) is 36.5 Å². The van der Waals surface area contributed by atoms with Crippen LogP contribution in [0.15, 0.2) is 36.5 Å². The van der Waals surface area contributed by atoms with Gasteiger partial charge in [-0.1, -0.05) is 27.7 Å². The summed E-state index contributed by atoms with van der Waals surface area (Å²) in [7, 11) is 0. The SMILES string of the molecule is CC1(C)CC1C(=O)Nc1ccc(Nc2nccc(NC(=O)C3CC3(C)C)n2)cc1. The molecule has 3 N–H and O–H groups in total. The van der Waals surface area contributed by atoms with Gasteiger partial charge >= 0.3 is 0 Å². The van der Waals surface area contributed by atoms with Crippen LogP contribution in [-0.2, 0) is 9.59 Å². The number of hydrogen-bond acceptors (Lipinski definition) is 5. The zero-order valence-corrected chi connectivity index (χ0v) is 17.2.